The Balaban J connectivity index is 2.38. The Morgan fingerprint density at radius 2 is 2.36 bits per heavy atom. The average molecular weight is 202 g/mol. The lowest BCUT2D eigenvalue weighted by molar-refractivity contribution is -0.135. The molecule has 1 saturated heterocycles. The molecule has 1 rings (SSSR count). The number of rotatable bonds is 2. The van der Waals surface area contributed by atoms with Crippen LogP contribution in [0.3, 0.4) is 0 Å². The topological polar surface area (TPSA) is 78.9 Å². The molecule has 1 fully saturated rings. The number of urea groups is 1. The van der Waals surface area contributed by atoms with Crippen molar-refractivity contribution in [3.63, 3.8) is 0 Å². The fourth-order valence-electron chi connectivity index (χ4n) is 1.28. The number of nitrogens with one attached hydrogen (secondary N) is 1. The van der Waals surface area contributed by atoms with Gasteiger partial charge in [-0.05, 0) is 6.92 Å². The molecule has 6 heteroatoms. The summed E-state index contributed by atoms with van der Waals surface area (Å²) in [4.78, 5) is 23.2. The standard InChI is InChI=1S/C8H14N2O4/c1-6-5-14-3-2-10(6)8(13)9-4-7(11)12/h6H,2-5H2,1H3,(H,9,13)(H,11,12). The zero-order valence-corrected chi connectivity index (χ0v) is 8.02. The molecule has 1 unspecified atom stereocenters. The molecule has 1 aliphatic heterocycles. The number of morpholine rings is 1. The lowest BCUT2D eigenvalue weighted by atomic mass is 10.3. The summed E-state index contributed by atoms with van der Waals surface area (Å²) in [7, 11) is 0. The van der Waals surface area contributed by atoms with E-state index < -0.39 is 5.97 Å². The van der Waals surface area contributed by atoms with E-state index in [-0.39, 0.29) is 18.6 Å². The largest absolute Gasteiger partial charge is 0.480 e. The van der Waals surface area contributed by atoms with E-state index in [1.807, 2.05) is 6.92 Å². The van der Waals surface area contributed by atoms with E-state index in [2.05, 4.69) is 5.32 Å². The molecule has 2 N–H and O–H groups in total. The summed E-state index contributed by atoms with van der Waals surface area (Å²) in [5.41, 5.74) is 0. The van der Waals surface area contributed by atoms with Gasteiger partial charge in [0.15, 0.2) is 0 Å². The minimum absolute atomic E-state index is 0.00227. The number of hydrogen-bond donors (Lipinski definition) is 2. The molecule has 0 aromatic carbocycles. The van der Waals surface area contributed by atoms with Crippen molar-refractivity contribution in [2.24, 2.45) is 0 Å². The number of hydrogen-bond acceptors (Lipinski definition) is 3. The van der Waals surface area contributed by atoms with Gasteiger partial charge in [-0.15, -0.1) is 0 Å². The zero-order valence-electron chi connectivity index (χ0n) is 8.02. The third kappa shape index (κ3) is 2.88. The molecule has 0 aromatic heterocycles. The van der Waals surface area contributed by atoms with E-state index in [1.165, 1.54) is 0 Å². The molecule has 0 radical (unpaired) electrons. The number of nitrogens with zero attached hydrogens (tertiary/aromatic N) is 1. The summed E-state index contributed by atoms with van der Waals surface area (Å²) in [5, 5.41) is 10.7. The first-order valence-electron chi connectivity index (χ1n) is 4.45. The van der Waals surface area contributed by atoms with E-state index in [0.29, 0.717) is 19.8 Å². The molecule has 80 valence electrons. The molecule has 0 spiro atoms. The number of carboxylic acids is 1. The van der Waals surface area contributed by atoms with E-state index in [4.69, 9.17) is 9.84 Å². The van der Waals surface area contributed by atoms with Gasteiger partial charge in [-0.1, -0.05) is 0 Å². The molecule has 1 heterocycles. The molecule has 1 atom stereocenters. The summed E-state index contributed by atoms with van der Waals surface area (Å²) < 4.78 is 5.15. The van der Waals surface area contributed by atoms with Crippen LogP contribution in [-0.4, -0.2) is 54.4 Å². The van der Waals surface area contributed by atoms with Gasteiger partial charge in [0, 0.05) is 6.54 Å². The van der Waals surface area contributed by atoms with Crippen molar-refractivity contribution in [2.75, 3.05) is 26.3 Å². The first-order chi connectivity index (χ1) is 6.61. The Labute approximate surface area is 81.8 Å². The van der Waals surface area contributed by atoms with Crippen LogP contribution in [0.4, 0.5) is 4.79 Å². The van der Waals surface area contributed by atoms with Gasteiger partial charge in [-0.25, -0.2) is 4.79 Å². The summed E-state index contributed by atoms with van der Waals surface area (Å²) >= 11 is 0. The Kier molecular flexibility index (Phi) is 3.70. The summed E-state index contributed by atoms with van der Waals surface area (Å²) in [6.07, 6.45) is 0. The third-order valence-electron chi connectivity index (χ3n) is 2.02. The maximum absolute atomic E-state index is 11.4. The second-order valence-electron chi connectivity index (χ2n) is 3.17. The predicted octanol–water partition coefficient (Wildman–Crippen LogP) is -0.499. The monoisotopic (exact) mass is 202 g/mol. The lowest BCUT2D eigenvalue weighted by Gasteiger charge is -2.33. The summed E-state index contributed by atoms with van der Waals surface area (Å²) in [6, 6.07) is -0.347. The van der Waals surface area contributed by atoms with Crippen molar-refractivity contribution < 1.29 is 19.4 Å². The van der Waals surface area contributed by atoms with Crippen LogP contribution in [0, 0.1) is 0 Å². The van der Waals surface area contributed by atoms with Crippen molar-refractivity contribution in [3.05, 3.63) is 0 Å². The van der Waals surface area contributed by atoms with E-state index in [1.54, 1.807) is 4.90 Å². The molecule has 0 bridgehead atoms. The number of carbonyl (C=O) groups is 2. The third-order valence-corrected chi connectivity index (χ3v) is 2.02. The maximum atomic E-state index is 11.4. The highest BCUT2D eigenvalue weighted by atomic mass is 16.5. The van der Waals surface area contributed by atoms with Gasteiger partial charge in [0.2, 0.25) is 0 Å². The minimum Gasteiger partial charge on any atom is -0.480 e. The van der Waals surface area contributed by atoms with Gasteiger partial charge >= 0.3 is 12.0 Å². The van der Waals surface area contributed by atoms with Crippen LogP contribution in [0.2, 0.25) is 0 Å². The molecule has 0 aliphatic carbocycles. The summed E-state index contributed by atoms with van der Waals surface area (Å²) in [5.74, 6) is -1.04. The van der Waals surface area contributed by atoms with Gasteiger partial charge in [-0.2, -0.15) is 0 Å². The first kappa shape index (κ1) is 10.8. The average Bonchev–Trinajstić information content (AvgIpc) is 2.15. The molecule has 2 amide bonds. The number of amides is 2. The van der Waals surface area contributed by atoms with Crippen molar-refractivity contribution in [3.8, 4) is 0 Å². The Morgan fingerprint density at radius 1 is 1.64 bits per heavy atom. The van der Waals surface area contributed by atoms with Gasteiger partial charge in [0.1, 0.15) is 6.54 Å². The highest BCUT2D eigenvalue weighted by Gasteiger charge is 2.23. The van der Waals surface area contributed by atoms with Gasteiger partial charge in [-0.3, -0.25) is 4.79 Å². The SMILES string of the molecule is CC1COCCN1C(=O)NCC(=O)O. The van der Waals surface area contributed by atoms with Crippen LogP contribution in [-0.2, 0) is 9.53 Å². The van der Waals surface area contributed by atoms with Crippen LogP contribution < -0.4 is 5.32 Å². The van der Waals surface area contributed by atoms with Gasteiger partial charge in [0.05, 0.1) is 19.3 Å². The highest BCUT2D eigenvalue weighted by molar-refractivity contribution is 5.80. The predicted molar refractivity (Wildman–Crippen MR) is 48.0 cm³/mol. The lowest BCUT2D eigenvalue weighted by Crippen LogP contribution is -2.51. The van der Waals surface area contributed by atoms with Crippen LogP contribution in [0.25, 0.3) is 0 Å². The van der Waals surface area contributed by atoms with Crippen LogP contribution in [0.15, 0.2) is 0 Å². The van der Waals surface area contributed by atoms with Crippen molar-refractivity contribution >= 4 is 12.0 Å². The maximum Gasteiger partial charge on any atom is 0.323 e. The molecule has 6 nitrogen and oxygen atoms in total. The van der Waals surface area contributed by atoms with Crippen LogP contribution >= 0.6 is 0 Å². The quantitative estimate of drug-likeness (QED) is 0.632. The van der Waals surface area contributed by atoms with Crippen LogP contribution in [0.5, 0.6) is 0 Å². The second kappa shape index (κ2) is 4.80. The Hall–Kier alpha value is -1.30. The van der Waals surface area contributed by atoms with E-state index in [9.17, 15) is 9.59 Å². The molecular weight excluding hydrogens is 188 g/mol. The first-order valence-corrected chi connectivity index (χ1v) is 4.45. The van der Waals surface area contributed by atoms with Gasteiger partial charge < -0.3 is 20.1 Å². The Bertz CT molecular complexity index is 231. The number of ether oxygens (including phenoxy) is 1. The normalized spacial score (nSPS) is 21.8. The zero-order chi connectivity index (χ0) is 10.6. The Morgan fingerprint density at radius 3 is 2.93 bits per heavy atom. The smallest absolute Gasteiger partial charge is 0.323 e. The molecule has 14 heavy (non-hydrogen) atoms. The second-order valence-corrected chi connectivity index (χ2v) is 3.17. The van der Waals surface area contributed by atoms with E-state index in [0.717, 1.165) is 0 Å². The molecule has 0 saturated carbocycles. The fraction of sp³-hybridized carbons (Fsp3) is 0.750. The molecule has 0 aromatic rings. The van der Waals surface area contributed by atoms with Crippen molar-refractivity contribution in [1.82, 2.24) is 10.2 Å². The molecule has 1 aliphatic rings. The van der Waals surface area contributed by atoms with E-state index >= 15 is 0 Å². The number of carboxylic acid groups (broad SMARTS) is 1. The minimum atomic E-state index is -1.04. The van der Waals surface area contributed by atoms with Crippen molar-refractivity contribution in [2.45, 2.75) is 13.0 Å². The molecular formula is C8H14N2O4. The van der Waals surface area contributed by atoms with Crippen LogP contribution in [0.1, 0.15) is 6.92 Å². The fourth-order valence-corrected chi connectivity index (χ4v) is 1.28. The highest BCUT2D eigenvalue weighted by Crippen LogP contribution is 2.05. The van der Waals surface area contributed by atoms with Crippen molar-refractivity contribution in [1.29, 1.82) is 0 Å². The van der Waals surface area contributed by atoms with Gasteiger partial charge in [0.25, 0.3) is 0 Å². The number of aliphatic carboxylic acids is 1. The summed E-state index contributed by atoms with van der Waals surface area (Å²) in [6.45, 7) is 3.03. The number of carbonyl (C=O) groups excluding carboxylic acids is 1.